The van der Waals surface area contributed by atoms with Crippen LogP contribution in [-0.4, -0.2) is 57.7 Å². The molecule has 3 N–H and O–H groups in total. The molecule has 2 aromatic rings. The number of carbonyl (C=O) groups is 2. The molecule has 1 aliphatic heterocycles. The number of hydrogen-bond donors (Lipinski definition) is 3. The number of anilines is 1. The number of nitrogens with one attached hydrogen (secondary N) is 2. The number of hydrogen-bond acceptors (Lipinski definition) is 7. The third kappa shape index (κ3) is 5.84. The van der Waals surface area contributed by atoms with Gasteiger partial charge in [0.2, 0.25) is 5.91 Å². The summed E-state index contributed by atoms with van der Waals surface area (Å²) in [4.78, 5) is 37.4. The van der Waals surface area contributed by atoms with Crippen molar-refractivity contribution in [2.45, 2.75) is 62.8 Å². The molecular weight excluding hydrogens is 422 g/mol. The molecule has 2 aliphatic rings. The summed E-state index contributed by atoms with van der Waals surface area (Å²) in [6.45, 7) is 1.80. The van der Waals surface area contributed by atoms with Crippen LogP contribution >= 0.6 is 0 Å². The highest BCUT2D eigenvalue weighted by Gasteiger charge is 2.54. The number of carboxylic acids is 1. The van der Waals surface area contributed by atoms with E-state index in [1.807, 2.05) is 0 Å². The minimum atomic E-state index is -1.07. The van der Waals surface area contributed by atoms with Crippen molar-refractivity contribution in [2.75, 3.05) is 25.1 Å². The van der Waals surface area contributed by atoms with Crippen molar-refractivity contribution < 1.29 is 19.4 Å². The standard InChI is InChI=1S/C24H31N5O4/c30-21(31)19(29-23(32)24(10-11-24)22-26-13-4-14-27-22)9-16-33-15-2-1-6-18-8-7-17-5-3-12-25-20(17)28-18/h4,7-8,13-14,19H,1-3,5-6,9-12,15-16H2,(H,25,28)(H,29,32)(H,30,31)/t19-/m0/s1. The van der Waals surface area contributed by atoms with Crippen molar-refractivity contribution in [3.63, 3.8) is 0 Å². The third-order valence-electron chi connectivity index (χ3n) is 6.26. The smallest absolute Gasteiger partial charge is 0.326 e. The highest BCUT2D eigenvalue weighted by atomic mass is 16.5. The van der Waals surface area contributed by atoms with E-state index in [0.717, 1.165) is 50.2 Å². The van der Waals surface area contributed by atoms with E-state index in [1.165, 1.54) is 5.56 Å². The second kappa shape index (κ2) is 10.7. The lowest BCUT2D eigenvalue weighted by Gasteiger charge is -2.19. The number of carbonyl (C=O) groups excluding carboxylic acids is 1. The van der Waals surface area contributed by atoms with Gasteiger partial charge >= 0.3 is 5.97 Å². The van der Waals surface area contributed by atoms with Gasteiger partial charge in [-0.2, -0.15) is 0 Å². The Hall–Kier alpha value is -3.07. The fraction of sp³-hybridized carbons (Fsp3) is 0.542. The van der Waals surface area contributed by atoms with Crippen LogP contribution in [0.25, 0.3) is 0 Å². The number of ether oxygens (including phenoxy) is 1. The average molecular weight is 454 g/mol. The second-order valence-electron chi connectivity index (χ2n) is 8.72. The summed E-state index contributed by atoms with van der Waals surface area (Å²) in [7, 11) is 0. The largest absolute Gasteiger partial charge is 0.480 e. The summed E-state index contributed by atoms with van der Waals surface area (Å²) in [5.74, 6) is 0.0765. The first kappa shape index (κ1) is 23.1. The predicted octanol–water partition coefficient (Wildman–Crippen LogP) is 2.26. The molecule has 33 heavy (non-hydrogen) atoms. The Balaban J connectivity index is 1.15. The van der Waals surface area contributed by atoms with Gasteiger partial charge in [0.05, 0.1) is 0 Å². The van der Waals surface area contributed by atoms with Crippen molar-refractivity contribution in [3.05, 3.63) is 47.7 Å². The molecule has 1 aliphatic carbocycles. The number of rotatable bonds is 12. The maximum atomic E-state index is 12.7. The van der Waals surface area contributed by atoms with E-state index < -0.39 is 17.4 Å². The number of nitrogens with zero attached hydrogens (tertiary/aromatic N) is 3. The zero-order valence-electron chi connectivity index (χ0n) is 18.8. The van der Waals surface area contributed by atoms with Crippen LogP contribution in [0.5, 0.6) is 0 Å². The molecule has 1 fully saturated rings. The summed E-state index contributed by atoms with van der Waals surface area (Å²) in [6.07, 6.45) is 9.59. The van der Waals surface area contributed by atoms with Crippen LogP contribution in [0.15, 0.2) is 30.6 Å². The van der Waals surface area contributed by atoms with Crippen molar-refractivity contribution in [3.8, 4) is 0 Å². The Kier molecular flexibility index (Phi) is 7.49. The van der Waals surface area contributed by atoms with Crippen LogP contribution < -0.4 is 10.6 Å². The van der Waals surface area contributed by atoms with Gasteiger partial charge in [0.15, 0.2) is 0 Å². The van der Waals surface area contributed by atoms with E-state index in [2.05, 4.69) is 32.7 Å². The van der Waals surface area contributed by atoms with Gasteiger partial charge in [-0.3, -0.25) is 4.79 Å². The Morgan fingerprint density at radius 3 is 2.76 bits per heavy atom. The molecule has 0 radical (unpaired) electrons. The molecule has 2 aromatic heterocycles. The summed E-state index contributed by atoms with van der Waals surface area (Å²) in [5, 5.41) is 15.5. The maximum Gasteiger partial charge on any atom is 0.326 e. The maximum absolute atomic E-state index is 12.7. The lowest BCUT2D eigenvalue weighted by atomic mass is 10.0. The number of aliphatic carboxylic acids is 1. The average Bonchev–Trinajstić information content (AvgIpc) is 3.65. The van der Waals surface area contributed by atoms with Gasteiger partial charge in [-0.05, 0) is 62.6 Å². The van der Waals surface area contributed by atoms with Crippen LogP contribution in [0.3, 0.4) is 0 Å². The third-order valence-corrected chi connectivity index (χ3v) is 6.26. The van der Waals surface area contributed by atoms with Crippen molar-refractivity contribution in [1.29, 1.82) is 0 Å². The molecule has 1 atom stereocenters. The molecule has 4 rings (SSSR count). The monoisotopic (exact) mass is 453 g/mol. The molecule has 9 heteroatoms. The molecular formula is C24H31N5O4. The fourth-order valence-electron chi connectivity index (χ4n) is 4.10. The molecule has 0 aromatic carbocycles. The molecule has 3 heterocycles. The lowest BCUT2D eigenvalue weighted by Crippen LogP contribution is -2.46. The van der Waals surface area contributed by atoms with Gasteiger partial charge in [-0.15, -0.1) is 0 Å². The number of pyridine rings is 1. The van der Waals surface area contributed by atoms with E-state index >= 15 is 0 Å². The highest BCUT2D eigenvalue weighted by Crippen LogP contribution is 2.46. The Bertz CT molecular complexity index is 965. The Labute approximate surface area is 193 Å². The van der Waals surface area contributed by atoms with E-state index in [-0.39, 0.29) is 18.9 Å². The molecule has 176 valence electrons. The van der Waals surface area contributed by atoms with Gasteiger partial charge in [-0.25, -0.2) is 19.7 Å². The SMILES string of the molecule is O=C(O)[C@H](CCOCCCCc1ccc2c(n1)NCCC2)NC(=O)C1(c2ncccn2)CC1. The van der Waals surface area contributed by atoms with E-state index in [1.54, 1.807) is 18.5 Å². The van der Waals surface area contributed by atoms with E-state index in [9.17, 15) is 14.7 Å². The summed E-state index contributed by atoms with van der Waals surface area (Å²) in [5.41, 5.74) is 1.57. The normalized spacial score (nSPS) is 16.8. The van der Waals surface area contributed by atoms with Crippen molar-refractivity contribution in [1.82, 2.24) is 20.3 Å². The zero-order chi connectivity index (χ0) is 23.1. The van der Waals surface area contributed by atoms with Gasteiger partial charge < -0.3 is 20.5 Å². The second-order valence-corrected chi connectivity index (χ2v) is 8.72. The van der Waals surface area contributed by atoms with Gasteiger partial charge in [0.25, 0.3) is 0 Å². The molecule has 9 nitrogen and oxygen atoms in total. The summed E-state index contributed by atoms with van der Waals surface area (Å²) >= 11 is 0. The van der Waals surface area contributed by atoms with Crippen LogP contribution in [-0.2, 0) is 32.6 Å². The number of aryl methyl sites for hydroxylation is 2. The molecule has 1 saturated carbocycles. The fourth-order valence-corrected chi connectivity index (χ4v) is 4.10. The molecule has 0 saturated heterocycles. The lowest BCUT2D eigenvalue weighted by molar-refractivity contribution is -0.142. The zero-order valence-corrected chi connectivity index (χ0v) is 18.8. The minimum Gasteiger partial charge on any atom is -0.480 e. The van der Waals surface area contributed by atoms with E-state index in [4.69, 9.17) is 9.72 Å². The first-order valence-corrected chi connectivity index (χ1v) is 11.7. The van der Waals surface area contributed by atoms with Crippen LogP contribution in [0.1, 0.15) is 55.6 Å². The Morgan fingerprint density at radius 1 is 1.18 bits per heavy atom. The quantitative estimate of drug-likeness (QED) is 0.418. The van der Waals surface area contributed by atoms with Crippen LogP contribution in [0, 0.1) is 0 Å². The van der Waals surface area contributed by atoms with Crippen LogP contribution in [0.4, 0.5) is 5.82 Å². The summed E-state index contributed by atoms with van der Waals surface area (Å²) < 4.78 is 5.64. The highest BCUT2D eigenvalue weighted by molar-refractivity contribution is 5.93. The summed E-state index contributed by atoms with van der Waals surface area (Å²) in [6, 6.07) is 4.96. The molecule has 1 amide bonds. The number of amides is 1. The molecule has 0 unspecified atom stereocenters. The van der Waals surface area contributed by atoms with Crippen LogP contribution in [0.2, 0.25) is 0 Å². The van der Waals surface area contributed by atoms with Crippen molar-refractivity contribution in [2.24, 2.45) is 0 Å². The topological polar surface area (TPSA) is 126 Å². The predicted molar refractivity (Wildman–Crippen MR) is 122 cm³/mol. The minimum absolute atomic E-state index is 0.213. The van der Waals surface area contributed by atoms with Crippen molar-refractivity contribution >= 4 is 17.7 Å². The van der Waals surface area contributed by atoms with Gasteiger partial charge in [0.1, 0.15) is 23.1 Å². The Morgan fingerprint density at radius 2 is 2.00 bits per heavy atom. The van der Waals surface area contributed by atoms with E-state index in [0.29, 0.717) is 25.3 Å². The number of unbranched alkanes of at least 4 members (excludes halogenated alkanes) is 1. The number of carboxylic acid groups (broad SMARTS) is 1. The van der Waals surface area contributed by atoms with Gasteiger partial charge in [0, 0.05) is 44.3 Å². The first-order chi connectivity index (χ1) is 16.1. The molecule has 0 bridgehead atoms. The van der Waals surface area contributed by atoms with Gasteiger partial charge in [-0.1, -0.05) is 6.07 Å². The number of aromatic nitrogens is 3. The first-order valence-electron chi connectivity index (χ1n) is 11.7. The number of fused-ring (bicyclic) bond motifs is 1. The molecule has 0 spiro atoms.